The van der Waals surface area contributed by atoms with Crippen LogP contribution in [0.5, 0.6) is 11.5 Å². The number of ether oxygens (including phenoxy) is 2. The highest BCUT2D eigenvalue weighted by molar-refractivity contribution is 14.1. The minimum atomic E-state index is -0.0757. The molecule has 23 heavy (non-hydrogen) atoms. The first-order chi connectivity index (χ1) is 11.1. The fraction of sp³-hybridized carbons (Fsp3) is 0.176. The van der Waals surface area contributed by atoms with Gasteiger partial charge in [-0.2, -0.15) is 0 Å². The van der Waals surface area contributed by atoms with E-state index in [0.717, 1.165) is 31.6 Å². The van der Waals surface area contributed by atoms with Crippen LogP contribution in [0.15, 0.2) is 41.6 Å². The van der Waals surface area contributed by atoms with Crippen molar-refractivity contribution in [3.63, 3.8) is 0 Å². The van der Waals surface area contributed by atoms with Crippen molar-refractivity contribution in [1.29, 1.82) is 0 Å². The molecule has 0 saturated carbocycles. The average Bonchev–Trinajstić information content (AvgIpc) is 2.58. The van der Waals surface area contributed by atoms with E-state index in [0.29, 0.717) is 5.39 Å². The number of hydrogen-bond donors (Lipinski definition) is 0. The van der Waals surface area contributed by atoms with E-state index in [9.17, 15) is 4.79 Å². The Balaban J connectivity index is 2.42. The van der Waals surface area contributed by atoms with Crippen LogP contribution in [0, 0.1) is 3.57 Å². The van der Waals surface area contributed by atoms with Crippen LogP contribution in [0.1, 0.15) is 0 Å². The first-order valence-electron chi connectivity index (χ1n) is 6.92. The van der Waals surface area contributed by atoms with Crippen molar-refractivity contribution >= 4 is 33.4 Å². The number of benzene rings is 1. The summed E-state index contributed by atoms with van der Waals surface area (Å²) in [4.78, 5) is 16.4. The Kier molecular flexibility index (Phi) is 4.25. The number of pyridine rings is 2. The Morgan fingerprint density at radius 1 is 1.09 bits per heavy atom. The van der Waals surface area contributed by atoms with E-state index in [1.807, 2.05) is 24.4 Å². The Morgan fingerprint density at radius 2 is 1.83 bits per heavy atom. The molecule has 0 saturated heterocycles. The van der Waals surface area contributed by atoms with Gasteiger partial charge in [-0.05, 0) is 46.2 Å². The van der Waals surface area contributed by atoms with Gasteiger partial charge in [0.25, 0.3) is 5.56 Å². The molecule has 3 rings (SSSR count). The molecule has 0 N–H and O–H groups in total. The molecule has 1 aromatic carbocycles. The summed E-state index contributed by atoms with van der Waals surface area (Å²) in [5.41, 5.74) is 1.70. The molecular formula is C17H15IN2O3. The Morgan fingerprint density at radius 3 is 2.52 bits per heavy atom. The largest absolute Gasteiger partial charge is 0.496 e. The molecule has 0 fully saturated rings. The van der Waals surface area contributed by atoms with Crippen LogP contribution in [-0.4, -0.2) is 23.8 Å². The Bertz CT molecular complexity index is 950. The molecule has 0 atom stereocenters. The van der Waals surface area contributed by atoms with E-state index >= 15 is 0 Å². The van der Waals surface area contributed by atoms with Gasteiger partial charge in [0.15, 0.2) is 0 Å². The van der Waals surface area contributed by atoms with Crippen LogP contribution in [0.3, 0.4) is 0 Å². The third kappa shape index (κ3) is 2.67. The summed E-state index contributed by atoms with van der Waals surface area (Å²) in [5, 5.41) is 1.41. The standard InChI is InChI=1S/C17H15IN2O3/c1-20-9-13(10-4-5-19-8-12(10)17(20)21)11-6-16(23-3)14(18)7-15(11)22-2/h4-9H,1-3H3. The minimum Gasteiger partial charge on any atom is -0.496 e. The van der Waals surface area contributed by atoms with Crippen LogP contribution in [0.25, 0.3) is 21.9 Å². The summed E-state index contributed by atoms with van der Waals surface area (Å²) in [7, 11) is 5.00. The number of rotatable bonds is 3. The lowest BCUT2D eigenvalue weighted by molar-refractivity contribution is 0.402. The van der Waals surface area contributed by atoms with Crippen LogP contribution < -0.4 is 15.0 Å². The molecule has 0 amide bonds. The predicted molar refractivity (Wildman–Crippen MR) is 98.2 cm³/mol. The molecule has 5 nitrogen and oxygen atoms in total. The maximum Gasteiger partial charge on any atom is 0.259 e. The highest BCUT2D eigenvalue weighted by Gasteiger charge is 2.16. The Hall–Kier alpha value is -2.09. The first-order valence-corrected chi connectivity index (χ1v) is 8.00. The normalized spacial score (nSPS) is 10.8. The molecule has 6 heteroatoms. The van der Waals surface area contributed by atoms with Gasteiger partial charge >= 0.3 is 0 Å². The molecule has 0 radical (unpaired) electrons. The van der Waals surface area contributed by atoms with Crippen LogP contribution in [0.2, 0.25) is 0 Å². The fourth-order valence-corrected chi connectivity index (χ4v) is 3.26. The summed E-state index contributed by atoms with van der Waals surface area (Å²) in [6.45, 7) is 0. The summed E-state index contributed by atoms with van der Waals surface area (Å²) in [6, 6.07) is 5.70. The number of hydrogen-bond acceptors (Lipinski definition) is 4. The van der Waals surface area contributed by atoms with E-state index in [4.69, 9.17) is 9.47 Å². The van der Waals surface area contributed by atoms with E-state index in [1.165, 1.54) is 0 Å². The van der Waals surface area contributed by atoms with Crippen molar-refractivity contribution < 1.29 is 9.47 Å². The zero-order valence-electron chi connectivity index (χ0n) is 13.0. The van der Waals surface area contributed by atoms with Crippen molar-refractivity contribution in [2.75, 3.05) is 14.2 Å². The van der Waals surface area contributed by atoms with Crippen LogP contribution in [-0.2, 0) is 7.05 Å². The summed E-state index contributed by atoms with van der Waals surface area (Å²) in [6.07, 6.45) is 5.09. The van der Waals surface area contributed by atoms with Crippen molar-refractivity contribution in [2.24, 2.45) is 7.05 Å². The molecule has 0 unspecified atom stereocenters. The van der Waals surface area contributed by atoms with E-state index in [1.54, 1.807) is 38.2 Å². The van der Waals surface area contributed by atoms with Crippen molar-refractivity contribution in [1.82, 2.24) is 9.55 Å². The van der Waals surface area contributed by atoms with Gasteiger partial charge in [-0.15, -0.1) is 0 Å². The predicted octanol–water partition coefficient (Wildman–Crippen LogP) is 3.22. The average molecular weight is 422 g/mol. The van der Waals surface area contributed by atoms with Crippen LogP contribution >= 0.6 is 22.6 Å². The third-order valence-electron chi connectivity index (χ3n) is 3.75. The Labute approximate surface area is 147 Å². The van der Waals surface area contributed by atoms with Gasteiger partial charge < -0.3 is 14.0 Å². The molecule has 0 aliphatic carbocycles. The van der Waals surface area contributed by atoms with Gasteiger partial charge in [-0.25, -0.2) is 0 Å². The second kappa shape index (κ2) is 6.19. The van der Waals surface area contributed by atoms with E-state index < -0.39 is 0 Å². The topological polar surface area (TPSA) is 53.4 Å². The second-order valence-corrected chi connectivity index (χ2v) is 6.23. The maximum absolute atomic E-state index is 12.3. The zero-order chi connectivity index (χ0) is 16.6. The molecule has 3 aromatic rings. The monoisotopic (exact) mass is 422 g/mol. The lowest BCUT2D eigenvalue weighted by Gasteiger charge is -2.15. The van der Waals surface area contributed by atoms with Crippen molar-refractivity contribution in [3.8, 4) is 22.6 Å². The second-order valence-electron chi connectivity index (χ2n) is 5.07. The SMILES string of the molecule is COc1cc(-c2cn(C)c(=O)c3cnccc23)c(OC)cc1I. The lowest BCUT2D eigenvalue weighted by atomic mass is 10.0. The summed E-state index contributed by atoms with van der Waals surface area (Å²) >= 11 is 2.21. The smallest absolute Gasteiger partial charge is 0.259 e. The molecule has 2 aromatic heterocycles. The molecule has 118 valence electrons. The number of methoxy groups -OCH3 is 2. The maximum atomic E-state index is 12.3. The molecule has 0 spiro atoms. The molecule has 2 heterocycles. The fourth-order valence-electron chi connectivity index (χ4n) is 2.60. The molecular weight excluding hydrogens is 407 g/mol. The van der Waals surface area contributed by atoms with Gasteiger partial charge in [-0.1, -0.05) is 0 Å². The number of aromatic nitrogens is 2. The third-order valence-corrected chi connectivity index (χ3v) is 4.59. The molecule has 0 aliphatic heterocycles. The van der Waals surface area contributed by atoms with Gasteiger partial charge in [0.1, 0.15) is 11.5 Å². The quantitative estimate of drug-likeness (QED) is 0.609. The first kappa shape index (κ1) is 15.8. The highest BCUT2D eigenvalue weighted by Crippen LogP contribution is 2.38. The van der Waals surface area contributed by atoms with Gasteiger partial charge in [0.05, 0.1) is 23.2 Å². The van der Waals surface area contributed by atoms with E-state index in [2.05, 4.69) is 27.6 Å². The summed E-state index contributed by atoms with van der Waals surface area (Å²) < 4.78 is 13.5. The van der Waals surface area contributed by atoms with Gasteiger partial charge in [0, 0.05) is 36.8 Å². The zero-order valence-corrected chi connectivity index (χ0v) is 15.1. The van der Waals surface area contributed by atoms with E-state index in [-0.39, 0.29) is 5.56 Å². The van der Waals surface area contributed by atoms with Crippen molar-refractivity contribution in [3.05, 3.63) is 50.7 Å². The minimum absolute atomic E-state index is 0.0757. The van der Waals surface area contributed by atoms with Crippen LogP contribution in [0.4, 0.5) is 0 Å². The number of fused-ring (bicyclic) bond motifs is 1. The number of aryl methyl sites for hydroxylation is 1. The highest BCUT2D eigenvalue weighted by atomic mass is 127. The van der Waals surface area contributed by atoms with Crippen molar-refractivity contribution in [2.45, 2.75) is 0 Å². The summed E-state index contributed by atoms with van der Waals surface area (Å²) in [5.74, 6) is 1.49. The molecule has 0 bridgehead atoms. The number of halogens is 1. The van der Waals surface area contributed by atoms with Gasteiger partial charge in [-0.3, -0.25) is 9.78 Å². The lowest BCUT2D eigenvalue weighted by Crippen LogP contribution is -2.16. The number of nitrogens with zero attached hydrogens (tertiary/aromatic N) is 2. The van der Waals surface area contributed by atoms with Gasteiger partial charge in [0.2, 0.25) is 0 Å². The molecule has 0 aliphatic rings.